The highest BCUT2D eigenvalue weighted by molar-refractivity contribution is 4.77. The van der Waals surface area contributed by atoms with Gasteiger partial charge in [-0.2, -0.15) is 8.78 Å². The van der Waals surface area contributed by atoms with Crippen molar-refractivity contribution in [2.75, 3.05) is 20.2 Å². The van der Waals surface area contributed by atoms with E-state index in [0.29, 0.717) is 11.8 Å². The van der Waals surface area contributed by atoms with Gasteiger partial charge < -0.3 is 10.1 Å². The zero-order valence-electron chi connectivity index (χ0n) is 8.64. The van der Waals surface area contributed by atoms with E-state index in [0.717, 1.165) is 25.8 Å². The second-order valence-electron chi connectivity index (χ2n) is 3.94. The fourth-order valence-corrected chi connectivity index (χ4v) is 2.24. The molecule has 1 aliphatic carbocycles. The largest absolute Gasteiger partial charge is 0.345 e. The highest BCUT2D eigenvalue weighted by atomic mass is 19.3. The molecule has 0 saturated heterocycles. The lowest BCUT2D eigenvalue weighted by Crippen LogP contribution is -2.20. The van der Waals surface area contributed by atoms with E-state index in [1.807, 2.05) is 7.05 Å². The summed E-state index contributed by atoms with van der Waals surface area (Å²) in [4.78, 5) is 0. The highest BCUT2D eigenvalue weighted by Gasteiger charge is 2.27. The van der Waals surface area contributed by atoms with Gasteiger partial charge in [-0.3, -0.25) is 0 Å². The second kappa shape index (κ2) is 6.30. The van der Waals surface area contributed by atoms with Crippen molar-refractivity contribution in [1.29, 1.82) is 0 Å². The van der Waals surface area contributed by atoms with Gasteiger partial charge in [0.15, 0.2) is 0 Å². The number of nitrogens with one attached hydrogen (secondary N) is 1. The van der Waals surface area contributed by atoms with Gasteiger partial charge >= 0.3 is 6.61 Å². The van der Waals surface area contributed by atoms with Crippen molar-refractivity contribution in [2.45, 2.75) is 32.3 Å². The molecule has 2 nitrogen and oxygen atoms in total. The molecule has 0 bridgehead atoms. The van der Waals surface area contributed by atoms with E-state index in [2.05, 4.69) is 10.1 Å². The highest BCUT2D eigenvalue weighted by Crippen LogP contribution is 2.34. The van der Waals surface area contributed by atoms with Gasteiger partial charge in [0.25, 0.3) is 0 Å². The second-order valence-corrected chi connectivity index (χ2v) is 3.94. The Balaban J connectivity index is 2.21. The molecule has 0 spiro atoms. The first kappa shape index (κ1) is 11.9. The van der Waals surface area contributed by atoms with E-state index >= 15 is 0 Å². The molecule has 0 heterocycles. The van der Waals surface area contributed by atoms with Crippen molar-refractivity contribution in [3.8, 4) is 0 Å². The molecule has 2 unspecified atom stereocenters. The Kier molecular flexibility index (Phi) is 5.33. The summed E-state index contributed by atoms with van der Waals surface area (Å²) in [6, 6.07) is 0. The third-order valence-corrected chi connectivity index (χ3v) is 3.02. The van der Waals surface area contributed by atoms with Crippen LogP contribution in [0.2, 0.25) is 0 Å². The summed E-state index contributed by atoms with van der Waals surface area (Å²) in [7, 11) is 1.92. The van der Waals surface area contributed by atoms with Crippen LogP contribution >= 0.6 is 0 Å². The van der Waals surface area contributed by atoms with Crippen molar-refractivity contribution in [3.05, 3.63) is 0 Å². The molecule has 1 saturated carbocycles. The van der Waals surface area contributed by atoms with Gasteiger partial charge in [-0.25, -0.2) is 0 Å². The molecule has 1 aliphatic rings. The monoisotopic (exact) mass is 207 g/mol. The lowest BCUT2D eigenvalue weighted by Gasteiger charge is -2.19. The van der Waals surface area contributed by atoms with Crippen LogP contribution in [0.5, 0.6) is 0 Å². The Morgan fingerprint density at radius 1 is 1.36 bits per heavy atom. The summed E-state index contributed by atoms with van der Waals surface area (Å²) in [6.07, 6.45) is 4.44. The van der Waals surface area contributed by atoms with Crippen LogP contribution in [0, 0.1) is 11.8 Å². The van der Waals surface area contributed by atoms with Crippen molar-refractivity contribution in [1.82, 2.24) is 5.32 Å². The lowest BCUT2D eigenvalue weighted by atomic mass is 9.94. The molecule has 1 rings (SSSR count). The van der Waals surface area contributed by atoms with Crippen LogP contribution in [0.3, 0.4) is 0 Å². The standard InChI is InChI=1S/C10H19F2NO/c1-13-6-5-8-3-2-4-9(8)7-14-10(11)12/h8-10,13H,2-7H2,1H3. The fourth-order valence-electron chi connectivity index (χ4n) is 2.24. The molecule has 0 aromatic carbocycles. The first-order valence-electron chi connectivity index (χ1n) is 5.28. The number of halogens is 2. The van der Waals surface area contributed by atoms with E-state index in [9.17, 15) is 8.78 Å². The van der Waals surface area contributed by atoms with Crippen LogP contribution in [0.1, 0.15) is 25.7 Å². The lowest BCUT2D eigenvalue weighted by molar-refractivity contribution is -0.140. The molecule has 2 atom stereocenters. The minimum atomic E-state index is -2.61. The first-order valence-corrected chi connectivity index (χ1v) is 5.28. The molecule has 1 fully saturated rings. The number of hydrogen-bond donors (Lipinski definition) is 1. The van der Waals surface area contributed by atoms with E-state index in [1.54, 1.807) is 0 Å². The fraction of sp³-hybridized carbons (Fsp3) is 1.00. The average molecular weight is 207 g/mol. The normalized spacial score (nSPS) is 27.4. The summed E-state index contributed by atoms with van der Waals surface area (Å²) < 4.78 is 28.0. The topological polar surface area (TPSA) is 21.3 Å². The molecule has 0 amide bonds. The average Bonchev–Trinajstić information content (AvgIpc) is 2.58. The molecule has 0 aromatic heterocycles. The van der Waals surface area contributed by atoms with Crippen LogP contribution in [-0.2, 0) is 4.74 Å². The minimum Gasteiger partial charge on any atom is -0.323 e. The van der Waals surface area contributed by atoms with Crippen molar-refractivity contribution < 1.29 is 13.5 Å². The maximum atomic E-state index is 11.8. The maximum Gasteiger partial charge on any atom is 0.345 e. The maximum absolute atomic E-state index is 11.8. The molecule has 4 heteroatoms. The quantitative estimate of drug-likeness (QED) is 0.721. The number of rotatable bonds is 6. The molecule has 14 heavy (non-hydrogen) atoms. The van der Waals surface area contributed by atoms with Gasteiger partial charge in [-0.1, -0.05) is 12.8 Å². The van der Waals surface area contributed by atoms with Crippen LogP contribution < -0.4 is 5.32 Å². The molecule has 0 aliphatic heterocycles. The molecular formula is C10H19F2NO. The number of ether oxygens (including phenoxy) is 1. The van der Waals surface area contributed by atoms with Crippen LogP contribution in [-0.4, -0.2) is 26.8 Å². The summed E-state index contributed by atoms with van der Waals surface area (Å²) in [5.41, 5.74) is 0. The SMILES string of the molecule is CNCCC1CCCC1COC(F)F. The Morgan fingerprint density at radius 2 is 2.07 bits per heavy atom. The summed E-state index contributed by atoms with van der Waals surface area (Å²) in [5, 5.41) is 3.09. The van der Waals surface area contributed by atoms with Gasteiger partial charge in [0, 0.05) is 0 Å². The van der Waals surface area contributed by atoms with Gasteiger partial charge in [0.05, 0.1) is 6.61 Å². The minimum absolute atomic E-state index is 0.228. The Bertz CT molecular complexity index is 155. The van der Waals surface area contributed by atoms with Crippen LogP contribution in [0.25, 0.3) is 0 Å². The van der Waals surface area contributed by atoms with Crippen molar-refractivity contribution in [3.63, 3.8) is 0 Å². The van der Waals surface area contributed by atoms with E-state index < -0.39 is 6.61 Å². The molecular weight excluding hydrogens is 188 g/mol. The number of hydrogen-bond acceptors (Lipinski definition) is 2. The number of alkyl halides is 2. The smallest absolute Gasteiger partial charge is 0.323 e. The van der Waals surface area contributed by atoms with Gasteiger partial charge in [-0.05, 0) is 38.3 Å². The first-order chi connectivity index (χ1) is 6.74. The van der Waals surface area contributed by atoms with Gasteiger partial charge in [-0.15, -0.1) is 0 Å². The molecule has 0 aromatic rings. The Hall–Kier alpha value is -0.220. The van der Waals surface area contributed by atoms with Crippen molar-refractivity contribution >= 4 is 0 Å². The van der Waals surface area contributed by atoms with Gasteiger partial charge in [0.2, 0.25) is 0 Å². The Morgan fingerprint density at radius 3 is 2.71 bits per heavy atom. The summed E-state index contributed by atoms with van der Waals surface area (Å²) in [6.45, 7) is -1.41. The Labute approximate surface area is 84.0 Å². The van der Waals surface area contributed by atoms with Gasteiger partial charge in [0.1, 0.15) is 0 Å². The molecule has 1 N–H and O–H groups in total. The predicted molar refractivity (Wildman–Crippen MR) is 51.3 cm³/mol. The van der Waals surface area contributed by atoms with E-state index in [-0.39, 0.29) is 6.61 Å². The molecule has 84 valence electrons. The van der Waals surface area contributed by atoms with E-state index in [1.165, 1.54) is 6.42 Å². The third-order valence-electron chi connectivity index (χ3n) is 3.02. The van der Waals surface area contributed by atoms with Crippen LogP contribution in [0.4, 0.5) is 8.78 Å². The predicted octanol–water partition coefficient (Wildman–Crippen LogP) is 2.25. The summed E-state index contributed by atoms with van der Waals surface area (Å²) >= 11 is 0. The van der Waals surface area contributed by atoms with E-state index in [4.69, 9.17) is 0 Å². The third kappa shape index (κ3) is 3.88. The zero-order chi connectivity index (χ0) is 10.4. The zero-order valence-corrected chi connectivity index (χ0v) is 8.64. The summed E-state index contributed by atoms with van der Waals surface area (Å²) in [5.74, 6) is 0.915. The van der Waals surface area contributed by atoms with Crippen LogP contribution in [0.15, 0.2) is 0 Å². The van der Waals surface area contributed by atoms with Crippen molar-refractivity contribution in [2.24, 2.45) is 11.8 Å². The molecule has 0 radical (unpaired) electrons.